The number of likely N-dealkylation sites (N-methyl/N-ethyl adjacent to an activating group) is 1. The van der Waals surface area contributed by atoms with Crippen LogP contribution < -0.4 is 5.32 Å². The van der Waals surface area contributed by atoms with E-state index >= 15 is 0 Å². The fourth-order valence-corrected chi connectivity index (χ4v) is 0.742. The second kappa shape index (κ2) is 7.33. The lowest BCUT2D eigenvalue weighted by atomic mass is 10.5. The van der Waals surface area contributed by atoms with Crippen molar-refractivity contribution in [3.05, 3.63) is 12.7 Å². The third kappa shape index (κ3) is 7.11. The van der Waals surface area contributed by atoms with E-state index in [0.717, 1.165) is 19.6 Å². The lowest BCUT2D eigenvalue weighted by Crippen LogP contribution is -2.29. The van der Waals surface area contributed by atoms with E-state index in [1.54, 1.807) is 0 Å². The van der Waals surface area contributed by atoms with Gasteiger partial charge in [-0.25, -0.2) is 0 Å². The van der Waals surface area contributed by atoms with Crippen LogP contribution in [0.15, 0.2) is 12.7 Å². The lowest BCUT2D eigenvalue weighted by molar-refractivity contribution is 0.369. The van der Waals surface area contributed by atoms with E-state index in [9.17, 15) is 0 Å². The monoisotopic (exact) mass is 152 g/mol. The van der Waals surface area contributed by atoms with Gasteiger partial charge < -0.3 is 10.2 Å². The molecule has 0 rings (SSSR count). The van der Waals surface area contributed by atoms with Crippen LogP contribution in [0.5, 0.6) is 0 Å². The minimum atomic E-state index is 0.655. The highest BCUT2D eigenvalue weighted by molar-refractivity contribution is 4.86. The molecule has 0 bridgehead atoms. The maximum atomic E-state index is 5.06. The summed E-state index contributed by atoms with van der Waals surface area (Å²) in [4.78, 5) is 2.18. The topological polar surface area (TPSA) is 15.3 Å². The standard InChI is InChI=1S/C9H16N2/c1-4-6-10-7-9-11(3)8-5-2/h1,5,10H,2,6-9H2,3H3. The fourth-order valence-electron chi connectivity index (χ4n) is 0.742. The second-order valence-corrected chi connectivity index (χ2v) is 2.43. The van der Waals surface area contributed by atoms with Gasteiger partial charge in [0.15, 0.2) is 0 Å². The Morgan fingerprint density at radius 2 is 2.45 bits per heavy atom. The van der Waals surface area contributed by atoms with Crippen LogP contribution in [0.3, 0.4) is 0 Å². The Kier molecular flexibility index (Phi) is 6.81. The maximum absolute atomic E-state index is 5.06. The largest absolute Gasteiger partial charge is 0.305 e. The SMILES string of the molecule is C#CCNCCN(C)CC=C. The van der Waals surface area contributed by atoms with Crippen LogP contribution in [0.2, 0.25) is 0 Å². The molecule has 62 valence electrons. The van der Waals surface area contributed by atoms with E-state index in [1.807, 2.05) is 6.08 Å². The Bertz CT molecular complexity index is 135. The average Bonchev–Trinajstić information content (AvgIpc) is 1.99. The number of terminal acetylenes is 1. The molecule has 0 atom stereocenters. The van der Waals surface area contributed by atoms with E-state index in [2.05, 4.69) is 29.8 Å². The average molecular weight is 152 g/mol. The molecule has 0 radical (unpaired) electrons. The zero-order chi connectivity index (χ0) is 8.53. The second-order valence-electron chi connectivity index (χ2n) is 2.43. The Hall–Kier alpha value is -0.780. The number of nitrogens with one attached hydrogen (secondary N) is 1. The summed E-state index contributed by atoms with van der Waals surface area (Å²) in [6.45, 7) is 7.18. The van der Waals surface area contributed by atoms with E-state index in [4.69, 9.17) is 6.42 Å². The van der Waals surface area contributed by atoms with Crippen LogP contribution in [-0.4, -0.2) is 38.1 Å². The molecule has 0 saturated carbocycles. The van der Waals surface area contributed by atoms with Gasteiger partial charge in [-0.05, 0) is 7.05 Å². The first kappa shape index (κ1) is 10.2. The molecule has 2 nitrogen and oxygen atoms in total. The Balaban J connectivity index is 3.11. The van der Waals surface area contributed by atoms with Crippen molar-refractivity contribution in [2.75, 3.05) is 33.2 Å². The van der Waals surface area contributed by atoms with Crippen molar-refractivity contribution in [1.82, 2.24) is 10.2 Å². The molecule has 11 heavy (non-hydrogen) atoms. The fraction of sp³-hybridized carbons (Fsp3) is 0.556. The molecule has 1 N–H and O–H groups in total. The van der Waals surface area contributed by atoms with Crippen LogP contribution in [0.25, 0.3) is 0 Å². The van der Waals surface area contributed by atoms with Gasteiger partial charge in [-0.15, -0.1) is 13.0 Å². The zero-order valence-corrected chi connectivity index (χ0v) is 7.14. The minimum Gasteiger partial charge on any atom is -0.305 e. The Labute approximate surface area is 69.3 Å². The minimum absolute atomic E-state index is 0.655. The van der Waals surface area contributed by atoms with Crippen molar-refractivity contribution < 1.29 is 0 Å². The van der Waals surface area contributed by atoms with E-state index in [1.165, 1.54) is 0 Å². The Morgan fingerprint density at radius 1 is 1.73 bits per heavy atom. The van der Waals surface area contributed by atoms with E-state index < -0.39 is 0 Å². The molecule has 0 fully saturated rings. The first-order valence-corrected chi connectivity index (χ1v) is 3.75. The first-order chi connectivity index (χ1) is 5.31. The van der Waals surface area contributed by atoms with Crippen molar-refractivity contribution in [1.29, 1.82) is 0 Å². The first-order valence-electron chi connectivity index (χ1n) is 3.75. The summed E-state index contributed by atoms with van der Waals surface area (Å²) in [5, 5.41) is 3.11. The summed E-state index contributed by atoms with van der Waals surface area (Å²) in [6, 6.07) is 0. The summed E-state index contributed by atoms with van der Waals surface area (Å²) in [7, 11) is 2.05. The van der Waals surface area contributed by atoms with E-state index in [-0.39, 0.29) is 0 Å². The van der Waals surface area contributed by atoms with Gasteiger partial charge in [0.1, 0.15) is 0 Å². The highest BCUT2D eigenvalue weighted by Gasteiger charge is 1.91. The van der Waals surface area contributed by atoms with Gasteiger partial charge in [-0.2, -0.15) is 0 Å². The summed E-state index contributed by atoms with van der Waals surface area (Å²) >= 11 is 0. The molecule has 0 aromatic carbocycles. The van der Waals surface area contributed by atoms with Crippen molar-refractivity contribution in [2.45, 2.75) is 0 Å². The molecule has 0 spiro atoms. The third-order valence-electron chi connectivity index (χ3n) is 1.34. The highest BCUT2D eigenvalue weighted by Crippen LogP contribution is 1.79. The summed E-state index contributed by atoms with van der Waals surface area (Å²) in [5.41, 5.74) is 0. The van der Waals surface area contributed by atoms with Gasteiger partial charge in [-0.3, -0.25) is 0 Å². The Morgan fingerprint density at radius 3 is 3.00 bits per heavy atom. The number of nitrogens with zero attached hydrogens (tertiary/aromatic N) is 1. The van der Waals surface area contributed by atoms with Crippen molar-refractivity contribution >= 4 is 0 Å². The third-order valence-corrected chi connectivity index (χ3v) is 1.34. The van der Waals surface area contributed by atoms with E-state index in [0.29, 0.717) is 6.54 Å². The van der Waals surface area contributed by atoms with Crippen molar-refractivity contribution in [3.63, 3.8) is 0 Å². The number of rotatable bonds is 6. The molecular formula is C9H16N2. The maximum Gasteiger partial charge on any atom is 0.0574 e. The van der Waals surface area contributed by atoms with Crippen LogP contribution in [0, 0.1) is 12.3 Å². The quantitative estimate of drug-likeness (QED) is 0.335. The lowest BCUT2D eigenvalue weighted by Gasteiger charge is -2.13. The summed E-state index contributed by atoms with van der Waals surface area (Å²) in [6.07, 6.45) is 6.95. The zero-order valence-electron chi connectivity index (χ0n) is 7.14. The molecule has 0 amide bonds. The highest BCUT2D eigenvalue weighted by atomic mass is 15.1. The molecule has 0 saturated heterocycles. The molecule has 0 heterocycles. The predicted molar refractivity (Wildman–Crippen MR) is 49.4 cm³/mol. The molecular weight excluding hydrogens is 136 g/mol. The molecule has 0 aliphatic heterocycles. The number of hydrogen-bond acceptors (Lipinski definition) is 2. The number of hydrogen-bond donors (Lipinski definition) is 1. The molecule has 2 heteroatoms. The van der Waals surface area contributed by atoms with Gasteiger partial charge in [0.2, 0.25) is 0 Å². The van der Waals surface area contributed by atoms with Crippen LogP contribution in [0.1, 0.15) is 0 Å². The normalized spacial score (nSPS) is 9.55. The molecule has 0 aromatic heterocycles. The smallest absolute Gasteiger partial charge is 0.0574 e. The predicted octanol–water partition coefficient (Wildman–Crippen LogP) is 0.327. The van der Waals surface area contributed by atoms with Crippen molar-refractivity contribution in [2.24, 2.45) is 0 Å². The van der Waals surface area contributed by atoms with Gasteiger partial charge in [0, 0.05) is 19.6 Å². The van der Waals surface area contributed by atoms with Crippen LogP contribution >= 0.6 is 0 Å². The molecule has 0 unspecified atom stereocenters. The summed E-state index contributed by atoms with van der Waals surface area (Å²) < 4.78 is 0. The molecule has 0 aliphatic rings. The van der Waals surface area contributed by atoms with Crippen molar-refractivity contribution in [3.8, 4) is 12.3 Å². The van der Waals surface area contributed by atoms with Gasteiger partial charge >= 0.3 is 0 Å². The molecule has 0 aliphatic carbocycles. The van der Waals surface area contributed by atoms with Gasteiger partial charge in [-0.1, -0.05) is 12.0 Å². The van der Waals surface area contributed by atoms with Gasteiger partial charge in [0.25, 0.3) is 0 Å². The van der Waals surface area contributed by atoms with Crippen LogP contribution in [-0.2, 0) is 0 Å². The molecule has 0 aromatic rings. The van der Waals surface area contributed by atoms with Crippen LogP contribution in [0.4, 0.5) is 0 Å². The van der Waals surface area contributed by atoms with Gasteiger partial charge in [0.05, 0.1) is 6.54 Å². The summed E-state index contributed by atoms with van der Waals surface area (Å²) in [5.74, 6) is 2.52.